The van der Waals surface area contributed by atoms with Gasteiger partial charge in [-0.05, 0) is 53.3 Å². The van der Waals surface area contributed by atoms with Gasteiger partial charge in [0.05, 0.1) is 0 Å². The highest BCUT2D eigenvalue weighted by Crippen LogP contribution is 2.66. The fraction of sp³-hybridized carbons (Fsp3) is 0.300. The van der Waals surface area contributed by atoms with Crippen molar-refractivity contribution in [2.24, 2.45) is 5.92 Å². The summed E-state index contributed by atoms with van der Waals surface area (Å²) in [4.78, 5) is 13.6. The fourth-order valence-corrected chi connectivity index (χ4v) is 7.14. The van der Waals surface area contributed by atoms with Crippen molar-refractivity contribution in [3.05, 3.63) is 62.7 Å². The van der Waals surface area contributed by atoms with Crippen molar-refractivity contribution >= 4 is 38.8 Å². The van der Waals surface area contributed by atoms with E-state index < -0.39 is 11.2 Å². The van der Waals surface area contributed by atoms with Gasteiger partial charge in [0, 0.05) is 27.0 Å². The zero-order valence-corrected chi connectivity index (χ0v) is 15.0. The molecule has 120 valence electrons. The normalized spacial score (nSPS) is 35.8. The summed E-state index contributed by atoms with van der Waals surface area (Å²) in [5.74, 6) is 0.601. The van der Waals surface area contributed by atoms with Crippen molar-refractivity contribution in [3.63, 3.8) is 0 Å². The maximum Gasteiger partial charge on any atom is 0.134 e. The van der Waals surface area contributed by atoms with Crippen LogP contribution in [0.25, 0.3) is 16.2 Å². The molecule has 3 aromatic rings. The van der Waals surface area contributed by atoms with Crippen LogP contribution < -0.4 is 0 Å². The summed E-state index contributed by atoms with van der Waals surface area (Å²) < 4.78 is 1.34. The Balaban J connectivity index is 1.74. The average Bonchev–Trinajstić information content (AvgIpc) is 3.24. The van der Waals surface area contributed by atoms with Crippen LogP contribution in [0.5, 0.6) is 0 Å². The van der Waals surface area contributed by atoms with Crippen LogP contribution in [0.2, 0.25) is 0 Å². The molecule has 2 aromatic heterocycles. The zero-order valence-electron chi connectivity index (χ0n) is 13.4. The first kappa shape index (κ1) is 13.8. The standard InChI is InChI=1S/C20H16O2S2/c1-19-13-5-3-12-8-10-24-18(12)16(13)20(2,22-21-19)14-6-4-11-7-9-23-17(11)15(14)19/h3-10,13,16H,1-2H3. The lowest BCUT2D eigenvalue weighted by molar-refractivity contribution is -0.471. The van der Waals surface area contributed by atoms with Crippen molar-refractivity contribution < 1.29 is 9.78 Å². The Kier molecular flexibility index (Phi) is 2.41. The van der Waals surface area contributed by atoms with E-state index in [0.717, 1.165) is 0 Å². The van der Waals surface area contributed by atoms with Crippen molar-refractivity contribution in [3.8, 4) is 0 Å². The molecule has 2 nitrogen and oxygen atoms in total. The molecule has 0 amide bonds. The van der Waals surface area contributed by atoms with Crippen LogP contribution in [0, 0.1) is 5.92 Å². The Labute approximate surface area is 148 Å². The Morgan fingerprint density at radius 2 is 1.79 bits per heavy atom. The van der Waals surface area contributed by atoms with Crippen molar-refractivity contribution in [2.75, 3.05) is 0 Å². The smallest absolute Gasteiger partial charge is 0.134 e. The summed E-state index contributed by atoms with van der Waals surface area (Å²) in [6.45, 7) is 4.40. The second kappa shape index (κ2) is 4.20. The topological polar surface area (TPSA) is 18.5 Å². The molecular formula is C20H16O2S2. The van der Waals surface area contributed by atoms with Gasteiger partial charge in [-0.3, -0.25) is 0 Å². The van der Waals surface area contributed by atoms with E-state index in [1.807, 2.05) is 22.7 Å². The molecule has 2 bridgehead atoms. The molecule has 4 heterocycles. The van der Waals surface area contributed by atoms with Gasteiger partial charge in [0.1, 0.15) is 11.2 Å². The third-order valence-corrected chi connectivity index (χ3v) is 8.09. The lowest BCUT2D eigenvalue weighted by atomic mass is 9.57. The van der Waals surface area contributed by atoms with Crippen LogP contribution in [0.4, 0.5) is 0 Å². The second-order valence-electron chi connectivity index (χ2n) is 7.31. The van der Waals surface area contributed by atoms with Crippen LogP contribution in [-0.4, -0.2) is 0 Å². The van der Waals surface area contributed by atoms with E-state index in [2.05, 4.69) is 61.0 Å². The summed E-state index contributed by atoms with van der Waals surface area (Å²) in [5, 5.41) is 5.66. The first-order valence-corrected chi connectivity index (χ1v) is 10.0. The molecule has 1 saturated heterocycles. The van der Waals surface area contributed by atoms with Gasteiger partial charge >= 0.3 is 0 Å². The minimum atomic E-state index is -0.444. The summed E-state index contributed by atoms with van der Waals surface area (Å²) in [6, 6.07) is 8.89. The second-order valence-corrected chi connectivity index (χ2v) is 9.17. The van der Waals surface area contributed by atoms with Crippen LogP contribution in [0.1, 0.15) is 41.3 Å². The van der Waals surface area contributed by atoms with Gasteiger partial charge in [0.15, 0.2) is 0 Å². The zero-order chi connectivity index (χ0) is 16.1. The van der Waals surface area contributed by atoms with Gasteiger partial charge < -0.3 is 0 Å². The first-order chi connectivity index (χ1) is 11.6. The first-order valence-electron chi connectivity index (χ1n) is 8.26. The quantitative estimate of drug-likeness (QED) is 0.476. The Hall–Kier alpha value is -1.46. The molecule has 7 rings (SSSR count). The number of rotatable bonds is 0. The molecule has 1 fully saturated rings. The summed E-state index contributed by atoms with van der Waals surface area (Å²) in [5.41, 5.74) is 3.07. The molecule has 24 heavy (non-hydrogen) atoms. The number of fused-ring (bicyclic) bond motifs is 3. The van der Waals surface area contributed by atoms with Gasteiger partial charge in [0.25, 0.3) is 0 Å². The molecule has 1 aromatic carbocycles. The van der Waals surface area contributed by atoms with Gasteiger partial charge in [0.2, 0.25) is 0 Å². The number of hydrogen-bond donors (Lipinski definition) is 0. The Morgan fingerprint density at radius 3 is 2.71 bits per heavy atom. The van der Waals surface area contributed by atoms with Crippen molar-refractivity contribution in [2.45, 2.75) is 31.0 Å². The van der Waals surface area contributed by atoms with E-state index in [-0.39, 0.29) is 0 Å². The molecule has 4 heteroatoms. The van der Waals surface area contributed by atoms with Crippen LogP contribution in [0.3, 0.4) is 0 Å². The monoisotopic (exact) mass is 352 g/mol. The van der Waals surface area contributed by atoms with E-state index in [1.165, 1.54) is 31.7 Å². The minimum absolute atomic E-state index is 0.294. The highest BCUT2D eigenvalue weighted by molar-refractivity contribution is 7.17. The number of hydrogen-bond acceptors (Lipinski definition) is 4. The average molecular weight is 352 g/mol. The van der Waals surface area contributed by atoms with Gasteiger partial charge in [-0.1, -0.05) is 24.3 Å². The molecule has 0 spiro atoms. The van der Waals surface area contributed by atoms with Crippen molar-refractivity contribution in [1.82, 2.24) is 0 Å². The van der Waals surface area contributed by atoms with Crippen LogP contribution >= 0.6 is 22.7 Å². The molecule has 0 saturated carbocycles. The van der Waals surface area contributed by atoms with Crippen molar-refractivity contribution in [1.29, 1.82) is 0 Å². The molecule has 2 aliphatic carbocycles. The third-order valence-electron chi connectivity index (χ3n) is 6.12. The summed E-state index contributed by atoms with van der Waals surface area (Å²) in [7, 11) is 0. The Bertz CT molecular complexity index is 1030. The third kappa shape index (κ3) is 1.37. The molecule has 0 radical (unpaired) electrons. The van der Waals surface area contributed by atoms with Gasteiger partial charge in [-0.2, -0.15) is 0 Å². The van der Waals surface area contributed by atoms with E-state index in [4.69, 9.17) is 9.78 Å². The van der Waals surface area contributed by atoms with E-state index in [1.54, 1.807) is 0 Å². The SMILES string of the molecule is CC12OOC(C)(c3ccc4ccsc4c31)C1c3sccc3C=CC12. The van der Waals surface area contributed by atoms with E-state index in [9.17, 15) is 0 Å². The molecule has 4 aliphatic rings. The predicted molar refractivity (Wildman–Crippen MR) is 98.3 cm³/mol. The molecule has 4 unspecified atom stereocenters. The molecular weight excluding hydrogens is 336 g/mol. The molecule has 0 N–H and O–H groups in total. The molecule has 2 aliphatic heterocycles. The van der Waals surface area contributed by atoms with Crippen LogP contribution in [0.15, 0.2) is 41.1 Å². The summed E-state index contributed by atoms with van der Waals surface area (Å²) >= 11 is 3.65. The largest absolute Gasteiger partial charge is 0.224 e. The molecule has 4 atom stereocenters. The lowest BCUT2D eigenvalue weighted by Gasteiger charge is -2.58. The summed E-state index contributed by atoms with van der Waals surface area (Å²) in [6.07, 6.45) is 4.61. The minimum Gasteiger partial charge on any atom is -0.224 e. The fourth-order valence-electron chi connectivity index (χ4n) is 4.94. The van der Waals surface area contributed by atoms with Gasteiger partial charge in [-0.15, -0.1) is 22.7 Å². The highest BCUT2D eigenvalue weighted by atomic mass is 32.1. The maximum atomic E-state index is 6.09. The maximum absolute atomic E-state index is 6.09. The Morgan fingerprint density at radius 1 is 0.958 bits per heavy atom. The van der Waals surface area contributed by atoms with E-state index in [0.29, 0.717) is 11.8 Å². The highest BCUT2D eigenvalue weighted by Gasteiger charge is 2.64. The number of benzene rings is 1. The van der Waals surface area contributed by atoms with Gasteiger partial charge in [-0.25, -0.2) is 9.78 Å². The lowest BCUT2D eigenvalue weighted by Crippen LogP contribution is -2.58. The van der Waals surface area contributed by atoms with E-state index >= 15 is 0 Å². The predicted octanol–water partition coefficient (Wildman–Crippen LogP) is 5.80. The van der Waals surface area contributed by atoms with Crippen LogP contribution in [-0.2, 0) is 21.0 Å². The number of thiophene rings is 2.